The summed E-state index contributed by atoms with van der Waals surface area (Å²) < 4.78 is 43.9. The first-order valence-corrected chi connectivity index (χ1v) is 5.70. The molecule has 0 fully saturated rings. The van der Waals surface area contributed by atoms with Crippen LogP contribution in [0.25, 0.3) is 0 Å². The van der Waals surface area contributed by atoms with Crippen molar-refractivity contribution in [1.82, 2.24) is 9.78 Å². The summed E-state index contributed by atoms with van der Waals surface area (Å²) in [6.07, 6.45) is -3.78. The Kier molecular flexibility index (Phi) is 3.78. The average molecular weight is 284 g/mol. The average Bonchev–Trinajstić information content (AvgIpc) is 2.78. The molecule has 1 heterocycles. The lowest BCUT2D eigenvalue weighted by Gasteiger charge is -2.08. The number of hydrogen-bond donors (Lipinski definition) is 0. The molecule has 0 saturated carbocycles. The minimum atomic E-state index is -4.47. The third kappa shape index (κ3) is 3.17. The van der Waals surface area contributed by atoms with Crippen LogP contribution in [0.4, 0.5) is 13.2 Å². The van der Waals surface area contributed by atoms with E-state index in [1.54, 1.807) is 24.3 Å². The molecule has 1 aromatic heterocycles. The zero-order chi connectivity index (χ0) is 14.8. The lowest BCUT2D eigenvalue weighted by molar-refractivity contribution is -0.141. The number of carbonyl (C=O) groups excluding carboxylic acids is 1. The van der Waals surface area contributed by atoms with Gasteiger partial charge in [0.15, 0.2) is 12.4 Å². The fraction of sp³-hybridized carbons (Fsp3) is 0.231. The number of aromatic nitrogens is 2. The van der Waals surface area contributed by atoms with Crippen molar-refractivity contribution in [2.24, 2.45) is 0 Å². The van der Waals surface area contributed by atoms with E-state index in [1.165, 1.54) is 6.92 Å². The monoisotopic (exact) mass is 284 g/mol. The number of aldehydes is 1. The summed E-state index contributed by atoms with van der Waals surface area (Å²) in [5.74, 6) is 0.444. The summed E-state index contributed by atoms with van der Waals surface area (Å²) in [7, 11) is 0. The minimum Gasteiger partial charge on any atom is -0.471 e. The Hall–Kier alpha value is -2.31. The van der Waals surface area contributed by atoms with Crippen LogP contribution in [-0.2, 0) is 12.9 Å². The van der Waals surface area contributed by atoms with Crippen molar-refractivity contribution in [2.75, 3.05) is 0 Å². The van der Waals surface area contributed by atoms with Gasteiger partial charge in [-0.2, -0.15) is 18.3 Å². The topological polar surface area (TPSA) is 44.1 Å². The van der Waals surface area contributed by atoms with Gasteiger partial charge in [-0.1, -0.05) is 0 Å². The van der Waals surface area contributed by atoms with Crippen molar-refractivity contribution < 1.29 is 22.7 Å². The molecule has 0 spiro atoms. The molecule has 0 N–H and O–H groups in total. The molecule has 2 rings (SSSR count). The molecule has 4 nitrogen and oxygen atoms in total. The molecule has 0 amide bonds. The standard InChI is InChI=1S/C13H11F3N2O2/c1-9-6-12(13(14,15)16)17-18(9)8-20-11-4-2-10(7-19)3-5-11/h2-7H,8H2,1H3. The second-order valence-corrected chi connectivity index (χ2v) is 4.13. The van der Waals surface area contributed by atoms with Gasteiger partial charge in [-0.25, -0.2) is 4.68 Å². The van der Waals surface area contributed by atoms with E-state index in [0.717, 1.165) is 10.7 Å². The largest absolute Gasteiger partial charge is 0.471 e. The van der Waals surface area contributed by atoms with Crippen molar-refractivity contribution in [3.05, 3.63) is 47.3 Å². The van der Waals surface area contributed by atoms with Crippen LogP contribution < -0.4 is 4.74 Å². The molecule has 0 atom stereocenters. The van der Waals surface area contributed by atoms with E-state index in [-0.39, 0.29) is 6.73 Å². The zero-order valence-corrected chi connectivity index (χ0v) is 10.5. The van der Waals surface area contributed by atoms with E-state index in [4.69, 9.17) is 4.74 Å². The summed E-state index contributed by atoms with van der Waals surface area (Å²) in [6.45, 7) is 1.38. The highest BCUT2D eigenvalue weighted by molar-refractivity contribution is 5.74. The lowest BCUT2D eigenvalue weighted by atomic mass is 10.2. The zero-order valence-electron chi connectivity index (χ0n) is 10.5. The van der Waals surface area contributed by atoms with E-state index >= 15 is 0 Å². The summed E-state index contributed by atoms with van der Waals surface area (Å²) >= 11 is 0. The highest BCUT2D eigenvalue weighted by Crippen LogP contribution is 2.28. The van der Waals surface area contributed by atoms with Crippen LogP contribution in [0.1, 0.15) is 21.7 Å². The van der Waals surface area contributed by atoms with Crippen LogP contribution in [0.3, 0.4) is 0 Å². The quantitative estimate of drug-likeness (QED) is 0.810. The van der Waals surface area contributed by atoms with Gasteiger partial charge in [0.2, 0.25) is 0 Å². The normalized spacial score (nSPS) is 11.4. The maximum absolute atomic E-state index is 12.5. The van der Waals surface area contributed by atoms with E-state index < -0.39 is 11.9 Å². The van der Waals surface area contributed by atoms with Gasteiger partial charge in [0.1, 0.15) is 12.0 Å². The molecule has 20 heavy (non-hydrogen) atoms. The fourth-order valence-electron chi connectivity index (χ4n) is 1.56. The molecule has 1 aromatic carbocycles. The SMILES string of the molecule is Cc1cc(C(F)(F)F)nn1COc1ccc(C=O)cc1. The van der Waals surface area contributed by atoms with Gasteiger partial charge < -0.3 is 4.74 Å². The van der Waals surface area contributed by atoms with E-state index in [2.05, 4.69) is 5.10 Å². The van der Waals surface area contributed by atoms with Crippen LogP contribution in [0.5, 0.6) is 5.75 Å². The van der Waals surface area contributed by atoms with Crippen LogP contribution >= 0.6 is 0 Å². The fourth-order valence-corrected chi connectivity index (χ4v) is 1.56. The molecule has 0 saturated heterocycles. The van der Waals surface area contributed by atoms with Gasteiger partial charge >= 0.3 is 6.18 Å². The Morgan fingerprint density at radius 2 is 1.95 bits per heavy atom. The predicted molar refractivity (Wildman–Crippen MR) is 64.4 cm³/mol. The molecule has 0 aliphatic rings. The summed E-state index contributed by atoms with van der Waals surface area (Å²) in [5, 5.41) is 3.44. The Labute approximate surface area is 112 Å². The Balaban J connectivity index is 2.06. The van der Waals surface area contributed by atoms with E-state index in [1.807, 2.05) is 0 Å². The Bertz CT molecular complexity index is 603. The number of hydrogen-bond acceptors (Lipinski definition) is 3. The van der Waals surface area contributed by atoms with Crippen LogP contribution in [0.15, 0.2) is 30.3 Å². The maximum atomic E-state index is 12.5. The van der Waals surface area contributed by atoms with Gasteiger partial charge in [-0.05, 0) is 37.3 Å². The second-order valence-electron chi connectivity index (χ2n) is 4.13. The first-order chi connectivity index (χ1) is 9.40. The number of alkyl halides is 3. The summed E-state index contributed by atoms with van der Waals surface area (Å²) in [5.41, 5.74) is -0.108. The number of nitrogens with zero attached hydrogens (tertiary/aromatic N) is 2. The van der Waals surface area contributed by atoms with Crippen LogP contribution in [0.2, 0.25) is 0 Å². The Morgan fingerprint density at radius 1 is 1.30 bits per heavy atom. The van der Waals surface area contributed by atoms with Gasteiger partial charge in [-0.3, -0.25) is 4.79 Å². The molecule has 2 aromatic rings. The minimum absolute atomic E-state index is 0.137. The maximum Gasteiger partial charge on any atom is 0.435 e. The molecule has 0 aliphatic carbocycles. The first-order valence-electron chi connectivity index (χ1n) is 5.70. The summed E-state index contributed by atoms with van der Waals surface area (Å²) in [4.78, 5) is 10.5. The number of halogens is 3. The molecule has 0 radical (unpaired) electrons. The van der Waals surface area contributed by atoms with Crippen LogP contribution in [-0.4, -0.2) is 16.1 Å². The molecule has 0 unspecified atom stereocenters. The molecular formula is C13H11F3N2O2. The number of aryl methyl sites for hydroxylation is 1. The molecular weight excluding hydrogens is 273 g/mol. The highest BCUT2D eigenvalue weighted by atomic mass is 19.4. The Morgan fingerprint density at radius 3 is 2.45 bits per heavy atom. The van der Waals surface area contributed by atoms with Crippen molar-refractivity contribution in [1.29, 1.82) is 0 Å². The van der Waals surface area contributed by atoms with Crippen molar-refractivity contribution >= 4 is 6.29 Å². The van der Waals surface area contributed by atoms with Crippen molar-refractivity contribution in [3.63, 3.8) is 0 Å². The number of benzene rings is 1. The lowest BCUT2D eigenvalue weighted by Crippen LogP contribution is -2.11. The molecule has 0 bridgehead atoms. The van der Waals surface area contributed by atoms with E-state index in [9.17, 15) is 18.0 Å². The van der Waals surface area contributed by atoms with Gasteiger partial charge in [-0.15, -0.1) is 0 Å². The molecule has 0 aliphatic heterocycles. The number of carbonyl (C=O) groups is 1. The van der Waals surface area contributed by atoms with Gasteiger partial charge in [0.05, 0.1) is 0 Å². The van der Waals surface area contributed by atoms with Crippen LogP contribution in [0, 0.1) is 6.92 Å². The highest BCUT2D eigenvalue weighted by Gasteiger charge is 2.34. The number of ether oxygens (including phenoxy) is 1. The molecule has 106 valence electrons. The van der Waals surface area contributed by atoms with Gasteiger partial charge in [0.25, 0.3) is 0 Å². The molecule has 7 heteroatoms. The van der Waals surface area contributed by atoms with E-state index in [0.29, 0.717) is 23.3 Å². The van der Waals surface area contributed by atoms with Crippen molar-refractivity contribution in [2.45, 2.75) is 19.8 Å². The second kappa shape index (κ2) is 5.36. The third-order valence-corrected chi connectivity index (χ3v) is 2.64. The smallest absolute Gasteiger partial charge is 0.435 e. The van der Waals surface area contributed by atoms with Gasteiger partial charge in [0, 0.05) is 11.3 Å². The third-order valence-electron chi connectivity index (χ3n) is 2.64. The first kappa shape index (κ1) is 14.1. The summed E-state index contributed by atoms with van der Waals surface area (Å²) in [6, 6.07) is 7.19. The number of rotatable bonds is 4. The van der Waals surface area contributed by atoms with Crippen molar-refractivity contribution in [3.8, 4) is 5.75 Å². The predicted octanol–water partition coefficient (Wildman–Crippen LogP) is 3.06.